The number of aryl methyl sites for hydroxylation is 2. The zero-order valence-corrected chi connectivity index (χ0v) is 13.7. The molecule has 1 heterocycles. The first-order valence-corrected chi connectivity index (χ1v) is 8.98. The highest BCUT2D eigenvalue weighted by molar-refractivity contribution is 7.89. The van der Waals surface area contributed by atoms with Crippen molar-refractivity contribution in [2.24, 2.45) is 0 Å². The zero-order valence-electron chi connectivity index (χ0n) is 12.1. The molecular formula is C15H23ClN2O2S. The van der Waals surface area contributed by atoms with E-state index in [0.717, 1.165) is 38.6 Å². The Morgan fingerprint density at radius 2 is 1.90 bits per heavy atom. The van der Waals surface area contributed by atoms with Crippen LogP contribution >= 0.6 is 12.4 Å². The molecule has 0 bridgehead atoms. The van der Waals surface area contributed by atoms with E-state index in [-0.39, 0.29) is 18.4 Å². The van der Waals surface area contributed by atoms with Crippen molar-refractivity contribution in [3.63, 3.8) is 0 Å². The Labute approximate surface area is 133 Å². The van der Waals surface area contributed by atoms with Crippen molar-refractivity contribution in [1.82, 2.24) is 10.0 Å². The maximum atomic E-state index is 12.3. The second-order valence-electron chi connectivity index (χ2n) is 5.78. The standard InChI is InChI=1S/C15H22N2O2S.ClH/c18-20(19,17-11-14-6-3-9-16-14)15-8-7-12-4-1-2-5-13(12)10-15;/h7-8,10,14,16-17H,1-6,9,11H2;1H. The molecular weight excluding hydrogens is 308 g/mol. The number of hydrogen-bond donors (Lipinski definition) is 2. The molecule has 0 spiro atoms. The van der Waals surface area contributed by atoms with E-state index in [0.29, 0.717) is 11.4 Å². The summed E-state index contributed by atoms with van der Waals surface area (Å²) >= 11 is 0. The number of rotatable bonds is 4. The third kappa shape index (κ3) is 3.97. The zero-order chi connectivity index (χ0) is 14.0. The largest absolute Gasteiger partial charge is 0.313 e. The predicted molar refractivity (Wildman–Crippen MR) is 86.5 cm³/mol. The second-order valence-corrected chi connectivity index (χ2v) is 7.55. The summed E-state index contributed by atoms with van der Waals surface area (Å²) in [5, 5.41) is 3.30. The fourth-order valence-corrected chi connectivity index (χ4v) is 4.23. The summed E-state index contributed by atoms with van der Waals surface area (Å²) in [7, 11) is -3.37. The Kier molecular flexibility index (Phi) is 5.66. The van der Waals surface area contributed by atoms with Gasteiger partial charge in [0, 0.05) is 12.6 Å². The summed E-state index contributed by atoms with van der Waals surface area (Å²) in [5.41, 5.74) is 2.52. The van der Waals surface area contributed by atoms with Crippen molar-refractivity contribution in [3.8, 4) is 0 Å². The average molecular weight is 331 g/mol. The topological polar surface area (TPSA) is 58.2 Å². The van der Waals surface area contributed by atoms with Gasteiger partial charge in [0.05, 0.1) is 4.90 Å². The van der Waals surface area contributed by atoms with Gasteiger partial charge >= 0.3 is 0 Å². The molecule has 21 heavy (non-hydrogen) atoms. The molecule has 0 radical (unpaired) electrons. The summed E-state index contributed by atoms with van der Waals surface area (Å²) in [6.07, 6.45) is 6.64. The summed E-state index contributed by atoms with van der Waals surface area (Å²) in [5.74, 6) is 0. The first kappa shape index (κ1) is 16.7. The minimum Gasteiger partial charge on any atom is -0.313 e. The van der Waals surface area contributed by atoms with Gasteiger partial charge < -0.3 is 5.32 Å². The molecule has 118 valence electrons. The molecule has 1 saturated heterocycles. The van der Waals surface area contributed by atoms with Crippen molar-refractivity contribution in [2.45, 2.75) is 49.5 Å². The SMILES string of the molecule is Cl.O=S(=O)(NCC1CCCN1)c1ccc2c(c1)CCCC2. The van der Waals surface area contributed by atoms with E-state index in [2.05, 4.69) is 10.0 Å². The predicted octanol–water partition coefficient (Wildman–Crippen LogP) is 2.02. The van der Waals surface area contributed by atoms with Crippen LogP contribution in [-0.4, -0.2) is 27.5 Å². The average Bonchev–Trinajstić information content (AvgIpc) is 2.98. The highest BCUT2D eigenvalue weighted by Crippen LogP contribution is 2.24. The molecule has 1 aliphatic heterocycles. The van der Waals surface area contributed by atoms with Crippen LogP contribution in [0.2, 0.25) is 0 Å². The number of fused-ring (bicyclic) bond motifs is 1. The minimum absolute atomic E-state index is 0. The maximum Gasteiger partial charge on any atom is 0.240 e. The van der Waals surface area contributed by atoms with Gasteiger partial charge in [-0.05, 0) is 68.3 Å². The van der Waals surface area contributed by atoms with Gasteiger partial charge in [0.1, 0.15) is 0 Å². The number of nitrogens with one attached hydrogen (secondary N) is 2. The minimum atomic E-state index is -3.37. The molecule has 1 aliphatic carbocycles. The smallest absolute Gasteiger partial charge is 0.240 e. The molecule has 0 aromatic heterocycles. The Bertz CT molecular complexity index is 583. The van der Waals surface area contributed by atoms with Crippen LogP contribution in [0.4, 0.5) is 0 Å². The van der Waals surface area contributed by atoms with E-state index in [1.54, 1.807) is 6.07 Å². The van der Waals surface area contributed by atoms with Gasteiger partial charge in [0.15, 0.2) is 0 Å². The van der Waals surface area contributed by atoms with E-state index >= 15 is 0 Å². The van der Waals surface area contributed by atoms with Crippen LogP contribution in [0.5, 0.6) is 0 Å². The Morgan fingerprint density at radius 1 is 1.14 bits per heavy atom. The Balaban J connectivity index is 0.00000161. The normalized spacial score (nSPS) is 21.6. The van der Waals surface area contributed by atoms with E-state index < -0.39 is 10.0 Å². The van der Waals surface area contributed by atoms with Crippen LogP contribution in [0.1, 0.15) is 36.8 Å². The van der Waals surface area contributed by atoms with Crippen molar-refractivity contribution in [3.05, 3.63) is 29.3 Å². The first-order valence-electron chi connectivity index (χ1n) is 7.50. The summed E-state index contributed by atoms with van der Waals surface area (Å²) in [6, 6.07) is 5.87. The quantitative estimate of drug-likeness (QED) is 0.888. The Morgan fingerprint density at radius 3 is 2.62 bits per heavy atom. The highest BCUT2D eigenvalue weighted by Gasteiger charge is 2.20. The Hall–Kier alpha value is -0.620. The van der Waals surface area contributed by atoms with Gasteiger partial charge in [-0.3, -0.25) is 0 Å². The lowest BCUT2D eigenvalue weighted by molar-refractivity contribution is 0.551. The van der Waals surface area contributed by atoms with Gasteiger partial charge in [-0.15, -0.1) is 12.4 Å². The summed E-state index contributed by atoms with van der Waals surface area (Å²) in [6.45, 7) is 1.48. The van der Waals surface area contributed by atoms with Gasteiger partial charge in [-0.1, -0.05) is 6.07 Å². The van der Waals surface area contributed by atoms with Crippen LogP contribution in [0.15, 0.2) is 23.1 Å². The van der Waals surface area contributed by atoms with Gasteiger partial charge in [-0.2, -0.15) is 0 Å². The van der Waals surface area contributed by atoms with Gasteiger partial charge in [0.2, 0.25) is 10.0 Å². The van der Waals surface area contributed by atoms with E-state index in [1.807, 2.05) is 12.1 Å². The third-order valence-electron chi connectivity index (χ3n) is 4.31. The molecule has 6 heteroatoms. The van der Waals surface area contributed by atoms with Crippen LogP contribution in [0, 0.1) is 0 Å². The molecule has 2 N–H and O–H groups in total. The molecule has 1 unspecified atom stereocenters. The van der Waals surface area contributed by atoms with Crippen LogP contribution in [-0.2, 0) is 22.9 Å². The van der Waals surface area contributed by atoms with Crippen LogP contribution in [0.3, 0.4) is 0 Å². The van der Waals surface area contributed by atoms with Gasteiger partial charge in [-0.25, -0.2) is 13.1 Å². The molecule has 1 aromatic carbocycles. The number of halogens is 1. The lowest BCUT2D eigenvalue weighted by atomic mass is 9.92. The van der Waals surface area contributed by atoms with Crippen LogP contribution in [0.25, 0.3) is 0 Å². The molecule has 4 nitrogen and oxygen atoms in total. The van der Waals surface area contributed by atoms with E-state index in [9.17, 15) is 8.42 Å². The van der Waals surface area contributed by atoms with E-state index in [1.165, 1.54) is 17.5 Å². The molecule has 0 saturated carbocycles. The van der Waals surface area contributed by atoms with Crippen LogP contribution < -0.4 is 10.0 Å². The second kappa shape index (κ2) is 7.09. The molecule has 1 fully saturated rings. The number of sulfonamides is 1. The van der Waals surface area contributed by atoms with E-state index in [4.69, 9.17) is 0 Å². The lowest BCUT2D eigenvalue weighted by Gasteiger charge is -2.17. The molecule has 1 atom stereocenters. The third-order valence-corrected chi connectivity index (χ3v) is 5.73. The number of hydrogen-bond acceptors (Lipinski definition) is 3. The molecule has 3 rings (SSSR count). The molecule has 0 amide bonds. The lowest BCUT2D eigenvalue weighted by Crippen LogP contribution is -2.37. The summed E-state index contributed by atoms with van der Waals surface area (Å²) in [4.78, 5) is 0.413. The first-order chi connectivity index (χ1) is 9.65. The number of benzene rings is 1. The molecule has 1 aromatic rings. The van der Waals surface area contributed by atoms with Crippen molar-refractivity contribution < 1.29 is 8.42 Å². The fourth-order valence-electron chi connectivity index (χ4n) is 3.10. The highest BCUT2D eigenvalue weighted by atomic mass is 35.5. The van der Waals surface area contributed by atoms with Crippen molar-refractivity contribution >= 4 is 22.4 Å². The van der Waals surface area contributed by atoms with Crippen molar-refractivity contribution in [1.29, 1.82) is 0 Å². The summed E-state index contributed by atoms with van der Waals surface area (Å²) < 4.78 is 27.4. The van der Waals surface area contributed by atoms with Crippen molar-refractivity contribution in [2.75, 3.05) is 13.1 Å². The monoisotopic (exact) mass is 330 g/mol. The van der Waals surface area contributed by atoms with Gasteiger partial charge in [0.25, 0.3) is 0 Å². The molecule has 2 aliphatic rings. The fraction of sp³-hybridized carbons (Fsp3) is 0.600. The maximum absolute atomic E-state index is 12.3.